The number of hydrogen-bond acceptors (Lipinski definition) is 4. The third-order valence-corrected chi connectivity index (χ3v) is 6.02. The van der Waals surface area contributed by atoms with E-state index >= 15 is 0 Å². The van der Waals surface area contributed by atoms with Gasteiger partial charge in [-0.1, -0.05) is 24.3 Å². The molecule has 3 fully saturated rings. The SMILES string of the molecule is CC12CCC(O1)[C@H]1C(=O)N(c3ccc(C#N)c4ccccc34)C(=O)[C@H]12. The molecule has 0 aromatic heterocycles. The third-order valence-electron chi connectivity index (χ3n) is 6.02. The molecule has 3 aliphatic heterocycles. The van der Waals surface area contributed by atoms with Gasteiger partial charge in [0.2, 0.25) is 11.8 Å². The highest BCUT2D eigenvalue weighted by Gasteiger charge is 2.67. The summed E-state index contributed by atoms with van der Waals surface area (Å²) in [6.45, 7) is 1.95. The van der Waals surface area contributed by atoms with Crippen LogP contribution in [-0.4, -0.2) is 23.5 Å². The molecule has 5 nitrogen and oxygen atoms in total. The number of benzene rings is 2. The standard InChI is InChI=1S/C20H16N2O3/c1-20-9-8-15(25-20)16-17(20)19(24)22(18(16)23)14-7-6-11(10-21)12-4-2-3-5-13(12)14/h2-7,15-17H,8-9H2,1H3/t15?,16-,17+,20?/m1/s1. The number of nitriles is 1. The highest BCUT2D eigenvalue weighted by Crippen LogP contribution is 2.55. The van der Waals surface area contributed by atoms with Crippen LogP contribution in [0, 0.1) is 23.2 Å². The monoisotopic (exact) mass is 332 g/mol. The molecule has 2 amide bonds. The first-order valence-electron chi connectivity index (χ1n) is 8.53. The van der Waals surface area contributed by atoms with Gasteiger partial charge in [0.1, 0.15) is 0 Å². The number of ether oxygens (including phenoxy) is 1. The van der Waals surface area contributed by atoms with E-state index in [0.717, 1.165) is 23.6 Å². The third kappa shape index (κ3) is 1.70. The van der Waals surface area contributed by atoms with Gasteiger partial charge in [-0.15, -0.1) is 0 Å². The zero-order valence-corrected chi connectivity index (χ0v) is 13.7. The maximum atomic E-state index is 13.2. The Morgan fingerprint density at radius 3 is 2.64 bits per heavy atom. The maximum Gasteiger partial charge on any atom is 0.240 e. The first-order valence-corrected chi connectivity index (χ1v) is 8.53. The summed E-state index contributed by atoms with van der Waals surface area (Å²) in [6.07, 6.45) is 1.50. The van der Waals surface area contributed by atoms with Gasteiger partial charge < -0.3 is 4.74 Å². The molecule has 0 aliphatic carbocycles. The predicted octanol–water partition coefficient (Wildman–Crippen LogP) is 2.77. The molecule has 124 valence electrons. The molecule has 5 rings (SSSR count). The molecule has 0 N–H and O–H groups in total. The molecule has 2 aromatic rings. The highest BCUT2D eigenvalue weighted by atomic mass is 16.5. The van der Waals surface area contributed by atoms with Gasteiger partial charge >= 0.3 is 0 Å². The fraction of sp³-hybridized carbons (Fsp3) is 0.350. The minimum atomic E-state index is -0.529. The van der Waals surface area contributed by atoms with Crippen LogP contribution in [0.3, 0.4) is 0 Å². The molecular formula is C20H16N2O3. The fourth-order valence-corrected chi connectivity index (χ4v) is 4.89. The van der Waals surface area contributed by atoms with Crippen LogP contribution in [0.4, 0.5) is 5.69 Å². The van der Waals surface area contributed by atoms with Crippen molar-refractivity contribution < 1.29 is 14.3 Å². The van der Waals surface area contributed by atoms with Crippen molar-refractivity contribution in [3.8, 4) is 6.07 Å². The Balaban J connectivity index is 1.69. The predicted molar refractivity (Wildman–Crippen MR) is 90.6 cm³/mol. The molecule has 3 saturated heterocycles. The largest absolute Gasteiger partial charge is 0.370 e. The van der Waals surface area contributed by atoms with E-state index in [1.807, 2.05) is 31.2 Å². The van der Waals surface area contributed by atoms with E-state index in [1.165, 1.54) is 4.90 Å². The van der Waals surface area contributed by atoms with Crippen molar-refractivity contribution >= 4 is 28.3 Å². The average molecular weight is 332 g/mol. The normalized spacial score (nSPS) is 33.1. The number of carbonyl (C=O) groups is 2. The number of rotatable bonds is 1. The molecule has 5 heteroatoms. The van der Waals surface area contributed by atoms with Gasteiger partial charge in [-0.25, -0.2) is 4.90 Å². The molecule has 0 spiro atoms. The lowest BCUT2D eigenvalue weighted by molar-refractivity contribution is -0.126. The van der Waals surface area contributed by atoms with Crippen molar-refractivity contribution in [2.75, 3.05) is 4.90 Å². The quantitative estimate of drug-likeness (QED) is 0.753. The Kier molecular flexibility index (Phi) is 2.73. The van der Waals surface area contributed by atoms with E-state index in [0.29, 0.717) is 11.3 Å². The second-order valence-corrected chi connectivity index (χ2v) is 7.31. The number of anilines is 1. The second kappa shape index (κ2) is 4.68. The van der Waals surface area contributed by atoms with Crippen LogP contribution in [-0.2, 0) is 14.3 Å². The number of fused-ring (bicyclic) bond motifs is 6. The highest BCUT2D eigenvalue weighted by molar-refractivity contribution is 6.26. The molecule has 25 heavy (non-hydrogen) atoms. The summed E-state index contributed by atoms with van der Waals surface area (Å²) < 4.78 is 5.96. The van der Waals surface area contributed by atoms with Gasteiger partial charge in [-0.2, -0.15) is 5.26 Å². The van der Waals surface area contributed by atoms with E-state index in [9.17, 15) is 14.9 Å². The van der Waals surface area contributed by atoms with E-state index in [-0.39, 0.29) is 23.8 Å². The van der Waals surface area contributed by atoms with Crippen LogP contribution in [0.25, 0.3) is 10.8 Å². The van der Waals surface area contributed by atoms with Crippen LogP contribution < -0.4 is 4.90 Å². The van der Waals surface area contributed by atoms with Crippen molar-refractivity contribution in [1.82, 2.24) is 0 Å². The van der Waals surface area contributed by atoms with Gasteiger partial charge in [-0.3, -0.25) is 9.59 Å². The van der Waals surface area contributed by atoms with Crippen molar-refractivity contribution in [3.63, 3.8) is 0 Å². The Labute approximate surface area is 144 Å². The van der Waals surface area contributed by atoms with Crippen molar-refractivity contribution in [3.05, 3.63) is 42.0 Å². The minimum absolute atomic E-state index is 0.152. The molecular weight excluding hydrogens is 316 g/mol. The van der Waals surface area contributed by atoms with Crippen LogP contribution >= 0.6 is 0 Å². The van der Waals surface area contributed by atoms with Gasteiger partial charge in [0.05, 0.1) is 40.9 Å². The van der Waals surface area contributed by atoms with Gasteiger partial charge in [0.15, 0.2) is 0 Å². The molecule has 3 aliphatic rings. The first-order chi connectivity index (χ1) is 12.0. The zero-order valence-electron chi connectivity index (χ0n) is 13.7. The fourth-order valence-electron chi connectivity index (χ4n) is 4.89. The van der Waals surface area contributed by atoms with E-state index in [1.54, 1.807) is 12.1 Å². The number of amides is 2. The van der Waals surface area contributed by atoms with E-state index in [2.05, 4.69) is 6.07 Å². The molecule has 0 radical (unpaired) electrons. The first kappa shape index (κ1) is 14.6. The molecule has 0 saturated carbocycles. The Morgan fingerprint density at radius 2 is 1.92 bits per heavy atom. The lowest BCUT2D eigenvalue weighted by atomic mass is 9.74. The summed E-state index contributed by atoms with van der Waals surface area (Å²) in [4.78, 5) is 27.6. The number of nitrogens with zero attached hydrogens (tertiary/aromatic N) is 2. The zero-order chi connectivity index (χ0) is 17.3. The van der Waals surface area contributed by atoms with Gasteiger partial charge in [0, 0.05) is 10.8 Å². The van der Waals surface area contributed by atoms with Crippen molar-refractivity contribution in [2.45, 2.75) is 31.5 Å². The molecule has 3 heterocycles. The summed E-state index contributed by atoms with van der Waals surface area (Å²) in [5.41, 5.74) is 0.579. The summed E-state index contributed by atoms with van der Waals surface area (Å²) >= 11 is 0. The second-order valence-electron chi connectivity index (χ2n) is 7.31. The van der Waals surface area contributed by atoms with Crippen LogP contribution in [0.15, 0.2) is 36.4 Å². The number of hydrogen-bond donors (Lipinski definition) is 0. The molecule has 2 aromatic carbocycles. The molecule has 4 atom stereocenters. The van der Waals surface area contributed by atoms with E-state index < -0.39 is 11.5 Å². The summed E-state index contributed by atoms with van der Waals surface area (Å²) in [5, 5.41) is 10.8. The van der Waals surface area contributed by atoms with Crippen molar-refractivity contribution in [2.24, 2.45) is 11.8 Å². The van der Waals surface area contributed by atoms with E-state index in [4.69, 9.17) is 4.74 Å². The maximum absolute atomic E-state index is 13.2. The van der Waals surface area contributed by atoms with Gasteiger partial charge in [0.25, 0.3) is 0 Å². The Morgan fingerprint density at radius 1 is 1.16 bits per heavy atom. The summed E-state index contributed by atoms with van der Waals surface area (Å²) in [5.74, 6) is -1.11. The summed E-state index contributed by atoms with van der Waals surface area (Å²) in [7, 11) is 0. The van der Waals surface area contributed by atoms with Crippen LogP contribution in [0.1, 0.15) is 25.3 Å². The smallest absolute Gasteiger partial charge is 0.240 e. The van der Waals surface area contributed by atoms with Gasteiger partial charge in [-0.05, 0) is 31.9 Å². The lowest BCUT2D eigenvalue weighted by Gasteiger charge is -2.26. The topological polar surface area (TPSA) is 70.4 Å². The average Bonchev–Trinajstić information content (AvgIpc) is 3.23. The van der Waals surface area contributed by atoms with Crippen LogP contribution in [0.5, 0.6) is 0 Å². The molecule has 2 bridgehead atoms. The van der Waals surface area contributed by atoms with Crippen LogP contribution in [0.2, 0.25) is 0 Å². The Bertz CT molecular complexity index is 992. The molecule has 2 unspecified atom stereocenters. The number of carbonyl (C=O) groups excluding carboxylic acids is 2. The summed E-state index contributed by atoms with van der Waals surface area (Å²) in [6, 6.07) is 13.0. The minimum Gasteiger partial charge on any atom is -0.370 e. The number of imide groups is 1. The van der Waals surface area contributed by atoms with Crippen molar-refractivity contribution in [1.29, 1.82) is 5.26 Å². The Hall–Kier alpha value is -2.71. The lowest BCUT2D eigenvalue weighted by Crippen LogP contribution is -2.39.